The molecule has 92 valence electrons. The van der Waals surface area contributed by atoms with Gasteiger partial charge in [0.25, 0.3) is 0 Å². The van der Waals surface area contributed by atoms with Gasteiger partial charge in [-0.3, -0.25) is 10.1 Å². The van der Waals surface area contributed by atoms with Gasteiger partial charge in [0.2, 0.25) is 5.82 Å². The minimum absolute atomic E-state index is 0.0506. The van der Waals surface area contributed by atoms with Crippen LogP contribution in [0.15, 0.2) is 24.5 Å². The summed E-state index contributed by atoms with van der Waals surface area (Å²) in [6.45, 7) is 0. The summed E-state index contributed by atoms with van der Waals surface area (Å²) in [6.07, 6.45) is 1.01. The molecule has 0 spiro atoms. The van der Waals surface area contributed by atoms with Gasteiger partial charge in [-0.15, -0.1) is 0 Å². The van der Waals surface area contributed by atoms with E-state index in [0.717, 1.165) is 18.5 Å². The molecule has 0 aliphatic heterocycles. The number of nitrogen functional groups attached to an aromatic ring is 1. The predicted molar refractivity (Wildman–Crippen MR) is 58.5 cm³/mol. The van der Waals surface area contributed by atoms with Crippen molar-refractivity contribution in [3.8, 4) is 11.3 Å². The number of aromatic nitrogens is 2. The van der Waals surface area contributed by atoms with Crippen LogP contribution in [0.25, 0.3) is 11.3 Å². The van der Waals surface area contributed by atoms with E-state index in [2.05, 4.69) is 9.97 Å². The zero-order chi connectivity index (χ0) is 13.3. The molecule has 8 heteroatoms. The number of nitrogens with zero attached hydrogens (tertiary/aromatic N) is 3. The van der Waals surface area contributed by atoms with Crippen molar-refractivity contribution in [1.29, 1.82) is 0 Å². The van der Waals surface area contributed by atoms with Crippen molar-refractivity contribution in [2.45, 2.75) is 0 Å². The predicted octanol–water partition coefficient (Wildman–Crippen LogP) is 1.91. The lowest BCUT2D eigenvalue weighted by Crippen LogP contribution is -2.02. The maximum atomic E-state index is 13.1. The second-order valence-corrected chi connectivity index (χ2v) is 3.34. The van der Waals surface area contributed by atoms with Gasteiger partial charge >= 0.3 is 5.69 Å². The SMILES string of the molecule is Nc1ncnc(-c2ccc(F)c(F)c2)c1[N+](=O)[O-]. The van der Waals surface area contributed by atoms with Gasteiger partial charge in [-0.05, 0) is 18.2 Å². The highest BCUT2D eigenvalue weighted by Gasteiger charge is 2.22. The molecule has 0 unspecified atom stereocenters. The Labute approximate surface area is 99.3 Å². The fraction of sp³-hybridized carbons (Fsp3) is 0. The number of benzene rings is 1. The van der Waals surface area contributed by atoms with Gasteiger partial charge in [-0.25, -0.2) is 18.7 Å². The van der Waals surface area contributed by atoms with Crippen LogP contribution in [-0.2, 0) is 0 Å². The maximum absolute atomic E-state index is 13.1. The summed E-state index contributed by atoms with van der Waals surface area (Å²) in [5.74, 6) is -2.52. The highest BCUT2D eigenvalue weighted by molar-refractivity contribution is 5.75. The van der Waals surface area contributed by atoms with Crippen LogP contribution in [0.1, 0.15) is 0 Å². The normalized spacial score (nSPS) is 10.3. The number of hydrogen-bond donors (Lipinski definition) is 1. The van der Waals surface area contributed by atoms with Gasteiger partial charge in [0.1, 0.15) is 6.33 Å². The third-order valence-corrected chi connectivity index (χ3v) is 2.23. The van der Waals surface area contributed by atoms with E-state index >= 15 is 0 Å². The molecule has 0 saturated heterocycles. The summed E-state index contributed by atoms with van der Waals surface area (Å²) in [7, 11) is 0. The molecule has 0 aliphatic rings. The first-order valence-corrected chi connectivity index (χ1v) is 4.71. The summed E-state index contributed by atoms with van der Waals surface area (Å²) in [5.41, 5.74) is 4.72. The van der Waals surface area contributed by atoms with Crippen molar-refractivity contribution in [3.63, 3.8) is 0 Å². The monoisotopic (exact) mass is 252 g/mol. The standard InChI is InChI=1S/C10H6F2N4O2/c11-6-2-1-5(3-7(6)12)8-9(16(17)18)10(13)15-4-14-8/h1-4H,(H2,13,14,15). The van der Waals surface area contributed by atoms with Crippen molar-refractivity contribution >= 4 is 11.5 Å². The molecule has 2 aromatic rings. The van der Waals surface area contributed by atoms with Crippen LogP contribution >= 0.6 is 0 Å². The molecule has 0 aliphatic carbocycles. The first-order chi connectivity index (χ1) is 8.50. The lowest BCUT2D eigenvalue weighted by Gasteiger charge is -2.03. The number of nitrogens with two attached hydrogens (primary N) is 1. The Hall–Kier alpha value is -2.64. The van der Waals surface area contributed by atoms with Crippen molar-refractivity contribution in [2.24, 2.45) is 0 Å². The molecule has 0 fully saturated rings. The molecule has 0 atom stereocenters. The number of nitro groups is 1. The van der Waals surface area contributed by atoms with Crippen LogP contribution in [0.3, 0.4) is 0 Å². The number of halogens is 2. The molecule has 1 heterocycles. The molecule has 0 radical (unpaired) electrons. The third-order valence-electron chi connectivity index (χ3n) is 2.23. The third kappa shape index (κ3) is 1.95. The fourth-order valence-electron chi connectivity index (χ4n) is 1.43. The average molecular weight is 252 g/mol. The molecule has 18 heavy (non-hydrogen) atoms. The smallest absolute Gasteiger partial charge is 0.337 e. The van der Waals surface area contributed by atoms with E-state index in [1.54, 1.807) is 0 Å². The Morgan fingerprint density at radius 1 is 1.22 bits per heavy atom. The molecule has 1 aromatic carbocycles. The van der Waals surface area contributed by atoms with Crippen LogP contribution < -0.4 is 5.73 Å². The summed E-state index contributed by atoms with van der Waals surface area (Å²) in [6, 6.07) is 2.84. The van der Waals surface area contributed by atoms with Crippen molar-refractivity contribution < 1.29 is 13.7 Å². The Kier molecular flexibility index (Phi) is 2.84. The molecule has 2 rings (SSSR count). The second-order valence-electron chi connectivity index (χ2n) is 3.34. The van der Waals surface area contributed by atoms with Crippen LogP contribution in [0.2, 0.25) is 0 Å². The fourth-order valence-corrected chi connectivity index (χ4v) is 1.43. The topological polar surface area (TPSA) is 94.9 Å². The van der Waals surface area contributed by atoms with Crippen LogP contribution in [0.5, 0.6) is 0 Å². The van der Waals surface area contributed by atoms with Gasteiger partial charge in [0.05, 0.1) is 4.92 Å². The molecule has 0 saturated carbocycles. The van der Waals surface area contributed by atoms with E-state index in [1.165, 1.54) is 6.07 Å². The zero-order valence-electron chi connectivity index (χ0n) is 8.80. The Balaban J connectivity index is 2.67. The summed E-state index contributed by atoms with van der Waals surface area (Å²) < 4.78 is 25.9. The van der Waals surface area contributed by atoms with E-state index < -0.39 is 22.2 Å². The quantitative estimate of drug-likeness (QED) is 0.650. The highest BCUT2D eigenvalue weighted by Crippen LogP contribution is 2.31. The molecule has 2 N–H and O–H groups in total. The molecule has 1 aromatic heterocycles. The Morgan fingerprint density at radius 3 is 2.56 bits per heavy atom. The molecular formula is C10H6F2N4O2. The maximum Gasteiger partial charge on any atom is 0.337 e. The van der Waals surface area contributed by atoms with Crippen LogP contribution in [-0.4, -0.2) is 14.9 Å². The Bertz CT molecular complexity index is 633. The van der Waals surface area contributed by atoms with Crippen LogP contribution in [0, 0.1) is 21.7 Å². The van der Waals surface area contributed by atoms with Crippen LogP contribution in [0.4, 0.5) is 20.3 Å². The van der Waals surface area contributed by atoms with Gasteiger partial charge in [-0.2, -0.15) is 0 Å². The number of hydrogen-bond acceptors (Lipinski definition) is 5. The summed E-state index contributed by atoms with van der Waals surface area (Å²) in [4.78, 5) is 17.2. The number of anilines is 1. The number of rotatable bonds is 2. The van der Waals surface area contributed by atoms with E-state index in [9.17, 15) is 18.9 Å². The average Bonchev–Trinajstić information content (AvgIpc) is 2.32. The molecular weight excluding hydrogens is 246 g/mol. The molecule has 6 nitrogen and oxygen atoms in total. The Morgan fingerprint density at radius 2 is 1.94 bits per heavy atom. The molecule has 0 bridgehead atoms. The zero-order valence-corrected chi connectivity index (χ0v) is 8.80. The van der Waals surface area contributed by atoms with Crippen molar-refractivity contribution in [1.82, 2.24) is 9.97 Å². The van der Waals surface area contributed by atoms with Gasteiger partial charge < -0.3 is 5.73 Å². The van der Waals surface area contributed by atoms with Gasteiger partial charge in [0.15, 0.2) is 17.3 Å². The van der Waals surface area contributed by atoms with Gasteiger partial charge in [-0.1, -0.05) is 0 Å². The largest absolute Gasteiger partial charge is 0.378 e. The second kappa shape index (κ2) is 4.32. The lowest BCUT2D eigenvalue weighted by atomic mass is 10.1. The first-order valence-electron chi connectivity index (χ1n) is 4.71. The van der Waals surface area contributed by atoms with E-state index in [-0.39, 0.29) is 17.1 Å². The van der Waals surface area contributed by atoms with E-state index in [4.69, 9.17) is 5.73 Å². The minimum Gasteiger partial charge on any atom is -0.378 e. The van der Waals surface area contributed by atoms with E-state index in [0.29, 0.717) is 0 Å². The molecule has 0 amide bonds. The highest BCUT2D eigenvalue weighted by atomic mass is 19.2. The van der Waals surface area contributed by atoms with Gasteiger partial charge in [0, 0.05) is 5.56 Å². The summed E-state index contributed by atoms with van der Waals surface area (Å²) in [5, 5.41) is 10.8. The first kappa shape index (κ1) is 11.8. The lowest BCUT2D eigenvalue weighted by molar-refractivity contribution is -0.383. The minimum atomic E-state index is -1.13. The van der Waals surface area contributed by atoms with E-state index in [1.807, 2.05) is 0 Å². The van der Waals surface area contributed by atoms with Crippen molar-refractivity contribution in [2.75, 3.05) is 5.73 Å². The summed E-state index contributed by atoms with van der Waals surface area (Å²) >= 11 is 0. The van der Waals surface area contributed by atoms with Crippen molar-refractivity contribution in [3.05, 3.63) is 46.3 Å².